The summed E-state index contributed by atoms with van der Waals surface area (Å²) in [5, 5.41) is 14.6. The number of aromatic nitrogens is 2. The summed E-state index contributed by atoms with van der Waals surface area (Å²) < 4.78 is 0. The number of anilines is 1. The summed E-state index contributed by atoms with van der Waals surface area (Å²) in [5.41, 5.74) is 1.27. The molecule has 0 aliphatic carbocycles. The van der Waals surface area contributed by atoms with E-state index in [1.807, 2.05) is 12.1 Å². The van der Waals surface area contributed by atoms with Crippen LogP contribution in [0.15, 0.2) is 36.4 Å². The maximum atomic E-state index is 12.0. The SMILES string of the molecule is CC(C)CCNc1ccc(C(=O)NCc2ccc(Cl)cc2)nn1. The molecule has 0 atom stereocenters. The first-order valence-corrected chi connectivity index (χ1v) is 8.02. The van der Waals surface area contributed by atoms with Crippen molar-refractivity contribution in [2.75, 3.05) is 11.9 Å². The second-order valence-corrected chi connectivity index (χ2v) is 6.16. The van der Waals surface area contributed by atoms with Crippen LogP contribution in [0.25, 0.3) is 0 Å². The number of rotatable bonds is 7. The molecule has 1 heterocycles. The molecule has 5 nitrogen and oxygen atoms in total. The van der Waals surface area contributed by atoms with E-state index in [2.05, 4.69) is 34.7 Å². The Morgan fingerprint density at radius 2 is 1.87 bits per heavy atom. The second-order valence-electron chi connectivity index (χ2n) is 5.72. The molecule has 1 aromatic heterocycles. The molecule has 1 amide bonds. The minimum absolute atomic E-state index is 0.249. The van der Waals surface area contributed by atoms with E-state index in [0.29, 0.717) is 29.0 Å². The van der Waals surface area contributed by atoms with Gasteiger partial charge in [-0.15, -0.1) is 10.2 Å². The molecule has 6 heteroatoms. The molecule has 2 N–H and O–H groups in total. The summed E-state index contributed by atoms with van der Waals surface area (Å²) in [6.07, 6.45) is 1.06. The van der Waals surface area contributed by atoms with Gasteiger partial charge >= 0.3 is 0 Å². The zero-order valence-electron chi connectivity index (χ0n) is 13.3. The molecular weight excluding hydrogens is 312 g/mol. The van der Waals surface area contributed by atoms with Gasteiger partial charge in [0.15, 0.2) is 5.69 Å². The van der Waals surface area contributed by atoms with Gasteiger partial charge < -0.3 is 10.6 Å². The first-order chi connectivity index (χ1) is 11.0. The Bertz CT molecular complexity index is 626. The molecule has 0 fully saturated rings. The van der Waals surface area contributed by atoms with E-state index in [0.717, 1.165) is 18.5 Å². The van der Waals surface area contributed by atoms with Gasteiger partial charge in [0.2, 0.25) is 0 Å². The molecule has 2 aromatic rings. The summed E-state index contributed by atoms with van der Waals surface area (Å²) in [7, 11) is 0. The lowest BCUT2D eigenvalue weighted by Gasteiger charge is -2.08. The number of amides is 1. The number of nitrogens with zero attached hydrogens (tertiary/aromatic N) is 2. The Morgan fingerprint density at radius 1 is 1.13 bits per heavy atom. The van der Waals surface area contributed by atoms with Crippen LogP contribution < -0.4 is 10.6 Å². The third-order valence-electron chi connectivity index (χ3n) is 3.29. The van der Waals surface area contributed by atoms with E-state index in [9.17, 15) is 4.79 Å². The third-order valence-corrected chi connectivity index (χ3v) is 3.54. The van der Waals surface area contributed by atoms with E-state index >= 15 is 0 Å². The standard InChI is InChI=1S/C17H21ClN4O/c1-12(2)9-10-19-16-8-7-15(21-22-16)17(23)20-11-13-3-5-14(18)6-4-13/h3-8,12H,9-11H2,1-2H3,(H,19,22)(H,20,23). The molecule has 1 aromatic carbocycles. The minimum atomic E-state index is -0.249. The minimum Gasteiger partial charge on any atom is -0.369 e. The summed E-state index contributed by atoms with van der Waals surface area (Å²) >= 11 is 5.83. The van der Waals surface area contributed by atoms with Gasteiger partial charge in [-0.2, -0.15) is 0 Å². The van der Waals surface area contributed by atoms with Crippen LogP contribution in [-0.2, 0) is 6.54 Å². The molecule has 0 bridgehead atoms. The van der Waals surface area contributed by atoms with Crippen molar-refractivity contribution in [1.29, 1.82) is 0 Å². The van der Waals surface area contributed by atoms with Crippen LogP contribution in [0.4, 0.5) is 5.82 Å². The highest BCUT2D eigenvalue weighted by molar-refractivity contribution is 6.30. The van der Waals surface area contributed by atoms with Gasteiger partial charge in [0, 0.05) is 18.1 Å². The van der Waals surface area contributed by atoms with Crippen molar-refractivity contribution in [2.24, 2.45) is 5.92 Å². The highest BCUT2D eigenvalue weighted by Gasteiger charge is 2.08. The van der Waals surface area contributed by atoms with Crippen LogP contribution in [0.2, 0.25) is 5.02 Å². The van der Waals surface area contributed by atoms with Gasteiger partial charge in [0.1, 0.15) is 5.82 Å². The topological polar surface area (TPSA) is 66.9 Å². The van der Waals surface area contributed by atoms with E-state index < -0.39 is 0 Å². The van der Waals surface area contributed by atoms with Crippen LogP contribution in [0.3, 0.4) is 0 Å². The molecule has 0 spiro atoms. The van der Waals surface area contributed by atoms with Crippen molar-refractivity contribution in [3.63, 3.8) is 0 Å². The predicted octanol–water partition coefficient (Wildman–Crippen LogP) is 3.52. The zero-order valence-corrected chi connectivity index (χ0v) is 14.1. The van der Waals surface area contributed by atoms with Crippen LogP contribution >= 0.6 is 11.6 Å². The molecule has 23 heavy (non-hydrogen) atoms. The van der Waals surface area contributed by atoms with Gasteiger partial charge in [-0.25, -0.2) is 0 Å². The van der Waals surface area contributed by atoms with Gasteiger partial charge in [0.05, 0.1) is 0 Å². The number of benzene rings is 1. The lowest BCUT2D eigenvalue weighted by molar-refractivity contribution is 0.0945. The van der Waals surface area contributed by atoms with E-state index in [1.165, 1.54) is 0 Å². The molecule has 0 unspecified atom stereocenters. The van der Waals surface area contributed by atoms with Gasteiger partial charge in [-0.1, -0.05) is 37.6 Å². The summed E-state index contributed by atoms with van der Waals surface area (Å²) in [5.74, 6) is 1.06. The van der Waals surface area contributed by atoms with Crippen LogP contribution in [0, 0.1) is 5.92 Å². The van der Waals surface area contributed by atoms with E-state index in [1.54, 1.807) is 24.3 Å². The number of nitrogens with one attached hydrogen (secondary N) is 2. The van der Waals surface area contributed by atoms with Crippen molar-refractivity contribution in [2.45, 2.75) is 26.8 Å². The number of hydrogen-bond donors (Lipinski definition) is 2. The zero-order chi connectivity index (χ0) is 16.7. The number of hydrogen-bond acceptors (Lipinski definition) is 4. The van der Waals surface area contributed by atoms with Gasteiger partial charge in [0.25, 0.3) is 5.91 Å². The first-order valence-electron chi connectivity index (χ1n) is 7.65. The average Bonchev–Trinajstić information content (AvgIpc) is 2.54. The normalized spacial score (nSPS) is 10.6. The summed E-state index contributed by atoms with van der Waals surface area (Å²) in [6.45, 7) is 5.60. The largest absolute Gasteiger partial charge is 0.369 e. The molecule has 122 valence electrons. The highest BCUT2D eigenvalue weighted by Crippen LogP contribution is 2.09. The molecule has 0 saturated carbocycles. The monoisotopic (exact) mass is 332 g/mol. The smallest absolute Gasteiger partial charge is 0.272 e. The maximum absolute atomic E-state index is 12.0. The lowest BCUT2D eigenvalue weighted by Crippen LogP contribution is -2.24. The first kappa shape index (κ1) is 17.2. The summed E-state index contributed by atoms with van der Waals surface area (Å²) in [4.78, 5) is 12.0. The third kappa shape index (κ3) is 5.87. The fourth-order valence-corrected chi connectivity index (χ4v) is 2.04. The van der Waals surface area contributed by atoms with Crippen LogP contribution in [0.5, 0.6) is 0 Å². The fraction of sp³-hybridized carbons (Fsp3) is 0.353. The molecular formula is C17H21ClN4O. The van der Waals surface area contributed by atoms with Crippen molar-refractivity contribution >= 4 is 23.3 Å². The summed E-state index contributed by atoms with van der Waals surface area (Å²) in [6, 6.07) is 10.8. The molecule has 0 aliphatic heterocycles. The quantitative estimate of drug-likeness (QED) is 0.814. The van der Waals surface area contributed by atoms with E-state index in [-0.39, 0.29) is 5.91 Å². The Balaban J connectivity index is 1.83. The lowest BCUT2D eigenvalue weighted by atomic mass is 10.1. The number of carbonyl (C=O) groups is 1. The van der Waals surface area contributed by atoms with Crippen molar-refractivity contribution in [3.8, 4) is 0 Å². The van der Waals surface area contributed by atoms with Crippen molar-refractivity contribution < 1.29 is 4.79 Å². The Labute approximate surface area is 141 Å². The average molecular weight is 333 g/mol. The van der Waals surface area contributed by atoms with Crippen molar-refractivity contribution in [3.05, 3.63) is 52.7 Å². The van der Waals surface area contributed by atoms with E-state index in [4.69, 9.17) is 11.6 Å². The highest BCUT2D eigenvalue weighted by atomic mass is 35.5. The molecule has 0 aliphatic rings. The molecule has 0 saturated heterocycles. The Kier molecular flexibility index (Phi) is 6.35. The van der Waals surface area contributed by atoms with Crippen LogP contribution in [0.1, 0.15) is 36.3 Å². The van der Waals surface area contributed by atoms with Crippen molar-refractivity contribution in [1.82, 2.24) is 15.5 Å². The predicted molar refractivity (Wildman–Crippen MR) is 92.6 cm³/mol. The number of carbonyl (C=O) groups excluding carboxylic acids is 1. The van der Waals surface area contributed by atoms with Gasteiger partial charge in [-0.3, -0.25) is 4.79 Å². The fourth-order valence-electron chi connectivity index (χ4n) is 1.91. The van der Waals surface area contributed by atoms with Gasteiger partial charge in [-0.05, 0) is 42.2 Å². The number of halogens is 1. The second kappa shape index (κ2) is 8.48. The Morgan fingerprint density at radius 3 is 2.48 bits per heavy atom. The molecule has 2 rings (SSSR count). The Hall–Kier alpha value is -2.14. The van der Waals surface area contributed by atoms with Crippen LogP contribution in [-0.4, -0.2) is 22.6 Å². The maximum Gasteiger partial charge on any atom is 0.272 e. The molecule has 0 radical (unpaired) electrons.